The van der Waals surface area contributed by atoms with E-state index in [4.69, 9.17) is 5.73 Å². The summed E-state index contributed by atoms with van der Waals surface area (Å²) in [4.78, 5) is 19.6. The SMILES string of the molecule is Nc1ccccc1NC(=O)c1ccc(CNc2nc(O)c(-c3ccccc3)[nH]2)cc1. The lowest BCUT2D eigenvalue weighted by atomic mass is 10.1. The number of anilines is 3. The Morgan fingerprint density at radius 2 is 1.67 bits per heavy atom. The van der Waals surface area contributed by atoms with Crippen molar-refractivity contribution in [3.8, 4) is 17.1 Å². The van der Waals surface area contributed by atoms with Crippen molar-refractivity contribution in [2.24, 2.45) is 0 Å². The van der Waals surface area contributed by atoms with Crippen LogP contribution in [0.2, 0.25) is 0 Å². The van der Waals surface area contributed by atoms with Crippen molar-refractivity contribution in [2.75, 3.05) is 16.4 Å². The van der Waals surface area contributed by atoms with E-state index < -0.39 is 0 Å². The van der Waals surface area contributed by atoms with Gasteiger partial charge < -0.3 is 26.5 Å². The molecule has 6 N–H and O–H groups in total. The van der Waals surface area contributed by atoms with Gasteiger partial charge in [-0.15, -0.1) is 0 Å². The van der Waals surface area contributed by atoms with Crippen LogP contribution in [0.4, 0.5) is 17.3 Å². The Morgan fingerprint density at radius 3 is 2.40 bits per heavy atom. The molecular weight excluding hydrogens is 378 g/mol. The van der Waals surface area contributed by atoms with Gasteiger partial charge in [-0.1, -0.05) is 54.6 Å². The average Bonchev–Trinajstić information content (AvgIpc) is 3.15. The number of H-pyrrole nitrogens is 1. The fourth-order valence-electron chi connectivity index (χ4n) is 3.02. The number of nitrogens with one attached hydrogen (secondary N) is 3. The minimum Gasteiger partial charge on any atom is -0.492 e. The molecule has 150 valence electrons. The molecule has 0 saturated heterocycles. The van der Waals surface area contributed by atoms with E-state index in [0.29, 0.717) is 35.1 Å². The first-order chi connectivity index (χ1) is 14.6. The Bertz CT molecular complexity index is 1150. The lowest BCUT2D eigenvalue weighted by Crippen LogP contribution is -2.13. The van der Waals surface area contributed by atoms with Crippen LogP contribution in [-0.4, -0.2) is 21.0 Å². The summed E-state index contributed by atoms with van der Waals surface area (Å²) >= 11 is 0. The van der Waals surface area contributed by atoms with Gasteiger partial charge in [0.15, 0.2) is 0 Å². The average molecular weight is 399 g/mol. The van der Waals surface area contributed by atoms with Crippen LogP contribution < -0.4 is 16.4 Å². The van der Waals surface area contributed by atoms with Crippen molar-refractivity contribution in [3.05, 3.63) is 90.0 Å². The molecule has 0 aliphatic carbocycles. The van der Waals surface area contributed by atoms with Crippen molar-refractivity contribution < 1.29 is 9.90 Å². The molecule has 0 radical (unpaired) electrons. The third-order valence-electron chi connectivity index (χ3n) is 4.63. The lowest BCUT2D eigenvalue weighted by molar-refractivity contribution is 0.102. The molecule has 0 aliphatic heterocycles. The third-order valence-corrected chi connectivity index (χ3v) is 4.63. The van der Waals surface area contributed by atoms with Crippen molar-refractivity contribution >= 4 is 23.2 Å². The molecule has 0 spiro atoms. The summed E-state index contributed by atoms with van der Waals surface area (Å²) in [7, 11) is 0. The van der Waals surface area contributed by atoms with Crippen LogP contribution in [0.3, 0.4) is 0 Å². The largest absolute Gasteiger partial charge is 0.492 e. The van der Waals surface area contributed by atoms with Gasteiger partial charge in [0.2, 0.25) is 11.8 Å². The molecule has 0 fully saturated rings. The summed E-state index contributed by atoms with van der Waals surface area (Å²) in [5, 5.41) is 16.0. The summed E-state index contributed by atoms with van der Waals surface area (Å²) in [5.74, 6) is 0.180. The highest BCUT2D eigenvalue weighted by atomic mass is 16.3. The Hall–Kier alpha value is -4.26. The number of carbonyl (C=O) groups is 1. The number of rotatable bonds is 6. The monoisotopic (exact) mass is 399 g/mol. The van der Waals surface area contributed by atoms with Gasteiger partial charge >= 0.3 is 0 Å². The van der Waals surface area contributed by atoms with Gasteiger partial charge in [-0.05, 0) is 29.8 Å². The van der Waals surface area contributed by atoms with E-state index in [2.05, 4.69) is 20.6 Å². The number of hydrogen-bond acceptors (Lipinski definition) is 5. The number of aromatic amines is 1. The highest BCUT2D eigenvalue weighted by molar-refractivity contribution is 6.05. The van der Waals surface area contributed by atoms with Gasteiger partial charge in [-0.25, -0.2) is 0 Å². The minimum absolute atomic E-state index is 0.0593. The van der Waals surface area contributed by atoms with E-state index in [0.717, 1.165) is 11.1 Å². The van der Waals surface area contributed by atoms with Gasteiger partial charge in [0.25, 0.3) is 5.91 Å². The van der Waals surface area contributed by atoms with Crippen molar-refractivity contribution in [3.63, 3.8) is 0 Å². The first kappa shape index (κ1) is 19.1. The normalized spacial score (nSPS) is 10.5. The standard InChI is InChI=1S/C23H21N5O2/c24-18-8-4-5-9-19(18)26-21(29)17-12-10-15(11-13-17)14-25-23-27-20(22(30)28-23)16-6-2-1-3-7-16/h1-13,30H,14,24H2,(H,26,29)(H2,25,27,28). The number of carbonyl (C=O) groups excluding carboxylic acids is 1. The number of nitrogens with two attached hydrogens (primary N) is 1. The van der Waals surface area contributed by atoms with Gasteiger partial charge in [-0.3, -0.25) is 4.79 Å². The highest BCUT2D eigenvalue weighted by Crippen LogP contribution is 2.28. The summed E-state index contributed by atoms with van der Waals surface area (Å²) in [6.45, 7) is 0.481. The van der Waals surface area contributed by atoms with Crippen LogP contribution in [0.1, 0.15) is 15.9 Å². The fourth-order valence-corrected chi connectivity index (χ4v) is 3.02. The van der Waals surface area contributed by atoms with Gasteiger partial charge in [0.1, 0.15) is 5.69 Å². The molecule has 7 nitrogen and oxygen atoms in total. The summed E-state index contributed by atoms with van der Waals surface area (Å²) < 4.78 is 0. The zero-order chi connectivity index (χ0) is 20.9. The molecule has 0 atom stereocenters. The second kappa shape index (κ2) is 8.40. The maximum atomic E-state index is 12.4. The number of aromatic nitrogens is 2. The number of imidazole rings is 1. The molecule has 0 unspecified atom stereocenters. The Kier molecular flexibility index (Phi) is 5.34. The lowest BCUT2D eigenvalue weighted by Gasteiger charge is -2.08. The van der Waals surface area contributed by atoms with E-state index in [9.17, 15) is 9.90 Å². The Balaban J connectivity index is 1.38. The van der Waals surface area contributed by atoms with E-state index in [1.54, 1.807) is 24.3 Å². The molecule has 0 aliphatic rings. The van der Waals surface area contributed by atoms with Crippen LogP contribution in [0.25, 0.3) is 11.3 Å². The molecule has 0 saturated carbocycles. The second-order valence-corrected chi connectivity index (χ2v) is 6.74. The maximum absolute atomic E-state index is 12.4. The van der Waals surface area contributed by atoms with Crippen molar-refractivity contribution in [1.82, 2.24) is 9.97 Å². The summed E-state index contributed by atoms with van der Waals surface area (Å²) in [5.41, 5.74) is 9.87. The highest BCUT2D eigenvalue weighted by Gasteiger charge is 2.11. The molecular formula is C23H21N5O2. The van der Waals surface area contributed by atoms with Crippen LogP contribution in [0, 0.1) is 0 Å². The predicted molar refractivity (Wildman–Crippen MR) is 118 cm³/mol. The second-order valence-electron chi connectivity index (χ2n) is 6.74. The maximum Gasteiger partial charge on any atom is 0.255 e. The Morgan fingerprint density at radius 1 is 0.967 bits per heavy atom. The first-order valence-corrected chi connectivity index (χ1v) is 9.43. The van der Waals surface area contributed by atoms with Crippen LogP contribution in [0.5, 0.6) is 5.88 Å². The molecule has 1 heterocycles. The van der Waals surface area contributed by atoms with E-state index in [1.165, 1.54) is 0 Å². The van der Waals surface area contributed by atoms with E-state index in [-0.39, 0.29) is 11.8 Å². The molecule has 0 bridgehead atoms. The summed E-state index contributed by atoms with van der Waals surface area (Å²) in [6, 6.07) is 23.8. The van der Waals surface area contributed by atoms with Crippen LogP contribution in [-0.2, 0) is 6.54 Å². The van der Waals surface area contributed by atoms with Crippen LogP contribution >= 0.6 is 0 Å². The number of aromatic hydroxyl groups is 1. The minimum atomic E-state index is -0.226. The number of para-hydroxylation sites is 2. The fraction of sp³-hybridized carbons (Fsp3) is 0.0435. The number of benzene rings is 3. The van der Waals surface area contributed by atoms with E-state index >= 15 is 0 Å². The molecule has 4 aromatic rings. The van der Waals surface area contributed by atoms with Crippen molar-refractivity contribution in [1.29, 1.82) is 0 Å². The van der Waals surface area contributed by atoms with Gasteiger partial charge in [0, 0.05) is 17.7 Å². The first-order valence-electron chi connectivity index (χ1n) is 9.43. The number of nitrogen functional groups attached to an aromatic ring is 1. The molecule has 30 heavy (non-hydrogen) atoms. The number of nitrogens with zero attached hydrogens (tertiary/aromatic N) is 1. The van der Waals surface area contributed by atoms with Crippen molar-refractivity contribution in [2.45, 2.75) is 6.54 Å². The molecule has 7 heteroatoms. The van der Waals surface area contributed by atoms with Gasteiger partial charge in [0.05, 0.1) is 11.4 Å². The number of hydrogen-bond donors (Lipinski definition) is 5. The Labute approximate surface area is 173 Å². The van der Waals surface area contributed by atoms with E-state index in [1.807, 2.05) is 54.6 Å². The molecule has 3 aromatic carbocycles. The molecule has 1 amide bonds. The topological polar surface area (TPSA) is 116 Å². The molecule has 1 aromatic heterocycles. The summed E-state index contributed by atoms with van der Waals surface area (Å²) in [6.07, 6.45) is 0. The number of amides is 1. The quantitative estimate of drug-likeness (QED) is 0.311. The smallest absolute Gasteiger partial charge is 0.255 e. The predicted octanol–water partition coefficient (Wildman–Crippen LogP) is 4.23. The van der Waals surface area contributed by atoms with Gasteiger partial charge in [-0.2, -0.15) is 4.98 Å². The zero-order valence-electron chi connectivity index (χ0n) is 16.1. The van der Waals surface area contributed by atoms with Crippen LogP contribution in [0.15, 0.2) is 78.9 Å². The third kappa shape index (κ3) is 4.25. The molecule has 4 rings (SSSR count). The zero-order valence-corrected chi connectivity index (χ0v) is 16.1.